The number of anilines is 2. The van der Waals surface area contributed by atoms with E-state index >= 15 is 0 Å². The van der Waals surface area contributed by atoms with Gasteiger partial charge >= 0.3 is 0 Å². The Balaban J connectivity index is 1.79. The molecular weight excluding hydrogens is 283 g/mol. The molecule has 0 bridgehead atoms. The molecule has 1 aromatic rings. The number of carbonyl (C=O) groups excluding carboxylic acids is 1. The molecule has 0 aromatic heterocycles. The minimum atomic E-state index is -0.577. The molecule has 1 saturated carbocycles. The van der Waals surface area contributed by atoms with Gasteiger partial charge in [-0.05, 0) is 56.7 Å². The predicted molar refractivity (Wildman–Crippen MR) is 84.4 cm³/mol. The second-order valence-electron chi connectivity index (χ2n) is 6.30. The molecule has 3 rings (SSSR count). The minimum absolute atomic E-state index is 0.200. The molecule has 1 aliphatic carbocycles. The fraction of sp³-hybridized carbons (Fsp3) is 0.588. The van der Waals surface area contributed by atoms with E-state index in [9.17, 15) is 14.3 Å². The van der Waals surface area contributed by atoms with Gasteiger partial charge in [-0.25, -0.2) is 4.39 Å². The molecule has 0 radical (unpaired) electrons. The van der Waals surface area contributed by atoms with E-state index in [1.54, 1.807) is 6.07 Å². The van der Waals surface area contributed by atoms with Crippen LogP contribution in [0.5, 0.6) is 0 Å². The highest BCUT2D eigenvalue weighted by Gasteiger charge is 2.32. The third-order valence-corrected chi connectivity index (χ3v) is 4.73. The van der Waals surface area contributed by atoms with Gasteiger partial charge < -0.3 is 15.3 Å². The average Bonchev–Trinajstić information content (AvgIpc) is 2.94. The normalized spacial score (nSPS) is 25.3. The van der Waals surface area contributed by atoms with Crippen LogP contribution >= 0.6 is 0 Å². The highest BCUT2D eigenvalue weighted by atomic mass is 19.1. The van der Waals surface area contributed by atoms with E-state index in [0.717, 1.165) is 38.0 Å². The van der Waals surface area contributed by atoms with Crippen LogP contribution in [-0.2, 0) is 4.79 Å². The van der Waals surface area contributed by atoms with Crippen LogP contribution in [0, 0.1) is 11.7 Å². The van der Waals surface area contributed by atoms with Crippen molar-refractivity contribution in [2.75, 3.05) is 23.3 Å². The molecule has 4 nitrogen and oxygen atoms in total. The predicted octanol–water partition coefficient (Wildman–Crippen LogP) is 2.92. The van der Waals surface area contributed by atoms with E-state index in [1.807, 2.05) is 0 Å². The number of nitrogens with zero attached hydrogens (tertiary/aromatic N) is 1. The number of hydrogen-bond donors (Lipinski definition) is 2. The lowest BCUT2D eigenvalue weighted by molar-refractivity contribution is -0.122. The number of amides is 1. The first-order valence-corrected chi connectivity index (χ1v) is 8.18. The molecular formula is C17H23FN2O2. The number of carbonyl (C=O) groups is 1. The molecule has 2 fully saturated rings. The van der Waals surface area contributed by atoms with E-state index in [1.165, 1.54) is 18.6 Å². The van der Waals surface area contributed by atoms with Gasteiger partial charge in [-0.15, -0.1) is 0 Å². The Labute approximate surface area is 130 Å². The quantitative estimate of drug-likeness (QED) is 0.903. The van der Waals surface area contributed by atoms with Gasteiger partial charge in [0.1, 0.15) is 5.82 Å². The smallest absolute Gasteiger partial charge is 0.230 e. The zero-order valence-corrected chi connectivity index (χ0v) is 12.7. The van der Waals surface area contributed by atoms with Crippen molar-refractivity contribution in [2.24, 2.45) is 5.92 Å². The van der Waals surface area contributed by atoms with Crippen LogP contribution in [0.2, 0.25) is 0 Å². The molecule has 1 amide bonds. The van der Waals surface area contributed by atoms with Crippen LogP contribution in [0.25, 0.3) is 0 Å². The monoisotopic (exact) mass is 306 g/mol. The van der Waals surface area contributed by atoms with Gasteiger partial charge in [-0.1, -0.05) is 0 Å². The summed E-state index contributed by atoms with van der Waals surface area (Å²) in [5, 5.41) is 12.7. The third-order valence-electron chi connectivity index (χ3n) is 4.73. The molecule has 1 heterocycles. The Morgan fingerprint density at radius 3 is 2.64 bits per heavy atom. The third kappa shape index (κ3) is 3.24. The average molecular weight is 306 g/mol. The lowest BCUT2D eigenvalue weighted by atomic mass is 10.0. The van der Waals surface area contributed by atoms with E-state index in [2.05, 4.69) is 10.2 Å². The Kier molecular flexibility index (Phi) is 4.62. The number of piperidine rings is 1. The van der Waals surface area contributed by atoms with Crippen LogP contribution in [0.1, 0.15) is 38.5 Å². The van der Waals surface area contributed by atoms with Crippen LogP contribution in [0.15, 0.2) is 18.2 Å². The van der Waals surface area contributed by atoms with Gasteiger partial charge in [-0.2, -0.15) is 0 Å². The summed E-state index contributed by atoms with van der Waals surface area (Å²) in [6.07, 6.45) is 5.10. The molecule has 2 unspecified atom stereocenters. The van der Waals surface area contributed by atoms with Gasteiger partial charge in [0.05, 0.1) is 23.4 Å². The molecule has 5 heteroatoms. The highest BCUT2D eigenvalue weighted by Crippen LogP contribution is 2.32. The first-order chi connectivity index (χ1) is 10.6. The summed E-state index contributed by atoms with van der Waals surface area (Å²) in [6, 6.07) is 4.55. The molecule has 120 valence electrons. The van der Waals surface area contributed by atoms with Crippen LogP contribution in [0.4, 0.5) is 15.8 Å². The van der Waals surface area contributed by atoms with Crippen molar-refractivity contribution in [2.45, 2.75) is 44.6 Å². The van der Waals surface area contributed by atoms with Crippen molar-refractivity contribution in [3.8, 4) is 0 Å². The number of aliphatic hydroxyl groups excluding tert-OH is 1. The van der Waals surface area contributed by atoms with E-state index in [-0.39, 0.29) is 17.6 Å². The molecule has 1 aliphatic heterocycles. The largest absolute Gasteiger partial charge is 0.392 e. The zero-order chi connectivity index (χ0) is 15.5. The SMILES string of the molecule is O=C(Nc1cc(F)ccc1N1CCCCC1)C1CCCC1O. The van der Waals surface area contributed by atoms with Gasteiger partial charge in [-0.3, -0.25) is 4.79 Å². The summed E-state index contributed by atoms with van der Waals surface area (Å²) < 4.78 is 13.6. The van der Waals surface area contributed by atoms with Crippen molar-refractivity contribution in [3.63, 3.8) is 0 Å². The molecule has 0 spiro atoms. The summed E-state index contributed by atoms with van der Waals surface area (Å²) in [7, 11) is 0. The van der Waals surface area contributed by atoms with Crippen molar-refractivity contribution in [1.82, 2.24) is 0 Å². The number of halogens is 1. The van der Waals surface area contributed by atoms with Gasteiger partial charge in [0.2, 0.25) is 5.91 Å². The van der Waals surface area contributed by atoms with Crippen molar-refractivity contribution < 1.29 is 14.3 Å². The first-order valence-electron chi connectivity index (χ1n) is 8.18. The lowest BCUT2D eigenvalue weighted by Crippen LogP contribution is -2.32. The highest BCUT2D eigenvalue weighted by molar-refractivity contribution is 5.96. The Morgan fingerprint density at radius 2 is 1.95 bits per heavy atom. The van der Waals surface area contributed by atoms with Crippen LogP contribution in [-0.4, -0.2) is 30.2 Å². The maximum absolute atomic E-state index is 13.6. The summed E-state index contributed by atoms with van der Waals surface area (Å²) in [4.78, 5) is 14.6. The van der Waals surface area contributed by atoms with Crippen LogP contribution < -0.4 is 10.2 Å². The van der Waals surface area contributed by atoms with Crippen molar-refractivity contribution >= 4 is 17.3 Å². The Hall–Kier alpha value is -1.62. The number of rotatable bonds is 3. The van der Waals surface area contributed by atoms with Gasteiger partial charge in [0.15, 0.2) is 0 Å². The second kappa shape index (κ2) is 6.65. The first kappa shape index (κ1) is 15.3. The standard InChI is InChI=1S/C17H23FN2O2/c18-12-7-8-15(20-9-2-1-3-10-20)14(11-12)19-17(22)13-5-4-6-16(13)21/h7-8,11,13,16,21H,1-6,9-10H2,(H,19,22). The summed E-state index contributed by atoms with van der Waals surface area (Å²) in [5.41, 5.74) is 1.40. The summed E-state index contributed by atoms with van der Waals surface area (Å²) in [6.45, 7) is 1.86. The molecule has 2 atom stereocenters. The molecule has 2 N–H and O–H groups in total. The fourth-order valence-corrected chi connectivity index (χ4v) is 3.49. The molecule has 1 saturated heterocycles. The summed E-state index contributed by atoms with van der Waals surface area (Å²) >= 11 is 0. The van der Waals surface area contributed by atoms with Crippen molar-refractivity contribution in [1.29, 1.82) is 0 Å². The topological polar surface area (TPSA) is 52.6 Å². The lowest BCUT2D eigenvalue weighted by Gasteiger charge is -2.31. The van der Waals surface area contributed by atoms with Crippen molar-refractivity contribution in [3.05, 3.63) is 24.0 Å². The van der Waals surface area contributed by atoms with Crippen LogP contribution in [0.3, 0.4) is 0 Å². The Morgan fingerprint density at radius 1 is 1.18 bits per heavy atom. The maximum atomic E-state index is 13.6. The minimum Gasteiger partial charge on any atom is -0.392 e. The van der Waals surface area contributed by atoms with Gasteiger partial charge in [0.25, 0.3) is 0 Å². The van der Waals surface area contributed by atoms with Gasteiger partial charge in [0, 0.05) is 13.1 Å². The second-order valence-corrected chi connectivity index (χ2v) is 6.30. The fourth-order valence-electron chi connectivity index (χ4n) is 3.49. The number of hydrogen-bond acceptors (Lipinski definition) is 3. The number of benzene rings is 1. The van der Waals surface area contributed by atoms with E-state index in [0.29, 0.717) is 18.5 Å². The summed E-state index contributed by atoms with van der Waals surface area (Å²) in [5.74, 6) is -0.936. The number of aliphatic hydroxyl groups is 1. The maximum Gasteiger partial charge on any atom is 0.230 e. The molecule has 2 aliphatic rings. The molecule has 1 aromatic carbocycles. The van der Waals surface area contributed by atoms with E-state index < -0.39 is 6.10 Å². The Bertz CT molecular complexity index is 543. The molecule has 22 heavy (non-hydrogen) atoms. The number of nitrogens with one attached hydrogen (secondary N) is 1. The van der Waals surface area contributed by atoms with E-state index in [4.69, 9.17) is 0 Å². The zero-order valence-electron chi connectivity index (χ0n) is 12.7.